The Balaban J connectivity index is 2.07. The van der Waals surface area contributed by atoms with E-state index in [0.29, 0.717) is 5.56 Å². The number of nitrogens with zero attached hydrogens (tertiary/aromatic N) is 2. The van der Waals surface area contributed by atoms with Crippen molar-refractivity contribution in [3.8, 4) is 0 Å². The van der Waals surface area contributed by atoms with E-state index in [-0.39, 0.29) is 11.8 Å². The molecule has 0 atom stereocenters. The molecular formula is C17H20N2O. The molecule has 1 aromatic carbocycles. The molecule has 1 aromatic heterocycles. The summed E-state index contributed by atoms with van der Waals surface area (Å²) < 4.78 is 1.79. The van der Waals surface area contributed by atoms with E-state index in [2.05, 4.69) is 24.2 Å². The molecule has 0 aliphatic rings. The van der Waals surface area contributed by atoms with Crippen LogP contribution in [0.2, 0.25) is 0 Å². The number of ketones is 1. The van der Waals surface area contributed by atoms with Crippen LogP contribution >= 0.6 is 0 Å². The minimum atomic E-state index is -0.0172. The van der Waals surface area contributed by atoms with Crippen molar-refractivity contribution in [3.63, 3.8) is 0 Å². The first-order valence-electron chi connectivity index (χ1n) is 6.95. The van der Waals surface area contributed by atoms with Gasteiger partial charge in [0.15, 0.2) is 5.78 Å². The number of carbonyl (C=O) groups is 1. The average Bonchev–Trinajstić information content (AvgIpc) is 2.95. The Kier molecular flexibility index (Phi) is 4.51. The van der Waals surface area contributed by atoms with Crippen LogP contribution in [0, 0.1) is 0 Å². The molecule has 0 bridgehead atoms. The van der Waals surface area contributed by atoms with Gasteiger partial charge in [0.25, 0.3) is 0 Å². The Bertz CT molecular complexity index is 606. The van der Waals surface area contributed by atoms with E-state index in [9.17, 15) is 4.79 Å². The number of rotatable bonds is 5. The maximum Gasteiger partial charge on any atom is 0.189 e. The first kappa shape index (κ1) is 14.3. The second-order valence-electron chi connectivity index (χ2n) is 5.10. The lowest BCUT2D eigenvalue weighted by molar-refractivity contribution is 0.104. The Morgan fingerprint density at radius 1 is 1.30 bits per heavy atom. The van der Waals surface area contributed by atoms with Crippen LogP contribution in [0.4, 0.5) is 0 Å². The number of hydrogen-bond acceptors (Lipinski definition) is 2. The van der Waals surface area contributed by atoms with Crippen LogP contribution in [0.15, 0.2) is 42.7 Å². The molecule has 0 N–H and O–H groups in total. The molecule has 0 unspecified atom stereocenters. The SMILES string of the molecule is CCc1ccc(/C=C/C(=O)c2cnn(C(C)C)c2)cc1. The maximum atomic E-state index is 12.0. The summed E-state index contributed by atoms with van der Waals surface area (Å²) >= 11 is 0. The van der Waals surface area contributed by atoms with Gasteiger partial charge in [-0.2, -0.15) is 5.10 Å². The first-order chi connectivity index (χ1) is 9.60. The van der Waals surface area contributed by atoms with Gasteiger partial charge in [0.1, 0.15) is 0 Å². The van der Waals surface area contributed by atoms with Gasteiger partial charge < -0.3 is 0 Å². The fourth-order valence-corrected chi connectivity index (χ4v) is 1.88. The molecule has 1 heterocycles. The molecule has 0 fully saturated rings. The molecule has 0 radical (unpaired) electrons. The van der Waals surface area contributed by atoms with Crippen LogP contribution < -0.4 is 0 Å². The number of aromatic nitrogens is 2. The van der Waals surface area contributed by atoms with E-state index < -0.39 is 0 Å². The molecule has 2 rings (SSSR count). The Hall–Kier alpha value is -2.16. The summed E-state index contributed by atoms with van der Waals surface area (Å²) in [4.78, 5) is 12.0. The summed E-state index contributed by atoms with van der Waals surface area (Å²) in [5.41, 5.74) is 2.96. The van der Waals surface area contributed by atoms with Gasteiger partial charge in [0.05, 0.1) is 11.8 Å². The fraction of sp³-hybridized carbons (Fsp3) is 0.294. The molecule has 0 amide bonds. The standard InChI is InChI=1S/C17H20N2O/c1-4-14-5-7-15(8-6-14)9-10-17(20)16-11-18-19(12-16)13(2)3/h5-13H,4H2,1-3H3/b10-9+. The van der Waals surface area contributed by atoms with Crippen LogP contribution in [0.1, 0.15) is 48.3 Å². The predicted octanol–water partition coefficient (Wildman–Crippen LogP) is 3.92. The molecule has 2 aromatic rings. The number of hydrogen-bond donors (Lipinski definition) is 0. The molecule has 0 spiro atoms. The zero-order valence-electron chi connectivity index (χ0n) is 12.2. The summed E-state index contributed by atoms with van der Waals surface area (Å²) in [6.45, 7) is 6.19. The van der Waals surface area contributed by atoms with E-state index >= 15 is 0 Å². The average molecular weight is 268 g/mol. The topological polar surface area (TPSA) is 34.9 Å². The monoisotopic (exact) mass is 268 g/mol. The molecule has 0 aliphatic heterocycles. The summed E-state index contributed by atoms with van der Waals surface area (Å²) in [6, 6.07) is 8.49. The first-order valence-corrected chi connectivity index (χ1v) is 6.95. The van der Waals surface area contributed by atoms with Gasteiger partial charge in [-0.3, -0.25) is 9.48 Å². The third-order valence-corrected chi connectivity index (χ3v) is 3.23. The van der Waals surface area contributed by atoms with E-state index in [1.165, 1.54) is 5.56 Å². The maximum absolute atomic E-state index is 12.0. The number of allylic oxidation sites excluding steroid dienone is 1. The van der Waals surface area contributed by atoms with Crippen LogP contribution in [-0.4, -0.2) is 15.6 Å². The largest absolute Gasteiger partial charge is 0.289 e. The highest BCUT2D eigenvalue weighted by molar-refractivity contribution is 6.06. The van der Waals surface area contributed by atoms with E-state index in [0.717, 1.165) is 12.0 Å². The van der Waals surface area contributed by atoms with Crippen molar-refractivity contribution in [1.82, 2.24) is 9.78 Å². The number of aryl methyl sites for hydroxylation is 1. The van der Waals surface area contributed by atoms with Crippen molar-refractivity contribution in [1.29, 1.82) is 0 Å². The summed E-state index contributed by atoms with van der Waals surface area (Å²) in [6.07, 6.45) is 7.87. The number of benzene rings is 1. The van der Waals surface area contributed by atoms with Gasteiger partial charge in [0.2, 0.25) is 0 Å². The zero-order chi connectivity index (χ0) is 14.5. The van der Waals surface area contributed by atoms with Crippen molar-refractivity contribution in [2.24, 2.45) is 0 Å². The predicted molar refractivity (Wildman–Crippen MR) is 81.8 cm³/mol. The molecule has 20 heavy (non-hydrogen) atoms. The molecular weight excluding hydrogens is 248 g/mol. The van der Waals surface area contributed by atoms with Gasteiger partial charge in [-0.1, -0.05) is 37.3 Å². The lowest BCUT2D eigenvalue weighted by atomic mass is 10.1. The quantitative estimate of drug-likeness (QED) is 0.608. The zero-order valence-corrected chi connectivity index (χ0v) is 12.2. The van der Waals surface area contributed by atoms with Crippen molar-refractivity contribution in [2.75, 3.05) is 0 Å². The van der Waals surface area contributed by atoms with Crippen molar-refractivity contribution >= 4 is 11.9 Å². The third-order valence-electron chi connectivity index (χ3n) is 3.23. The van der Waals surface area contributed by atoms with Crippen LogP contribution in [0.3, 0.4) is 0 Å². The van der Waals surface area contributed by atoms with Crippen LogP contribution in [0.25, 0.3) is 6.08 Å². The lowest BCUT2D eigenvalue weighted by Crippen LogP contribution is -2.00. The third kappa shape index (κ3) is 3.44. The van der Waals surface area contributed by atoms with E-state index in [1.807, 2.05) is 32.1 Å². The molecule has 0 aliphatic carbocycles. The van der Waals surface area contributed by atoms with Gasteiger partial charge in [-0.15, -0.1) is 0 Å². The Labute approximate surface area is 119 Å². The van der Waals surface area contributed by atoms with E-state index in [4.69, 9.17) is 0 Å². The molecule has 104 valence electrons. The fourth-order valence-electron chi connectivity index (χ4n) is 1.88. The second kappa shape index (κ2) is 6.33. The minimum Gasteiger partial charge on any atom is -0.289 e. The minimum absolute atomic E-state index is 0.0172. The van der Waals surface area contributed by atoms with Gasteiger partial charge >= 0.3 is 0 Å². The summed E-state index contributed by atoms with van der Waals surface area (Å²) in [5.74, 6) is -0.0172. The van der Waals surface area contributed by atoms with Crippen molar-refractivity contribution < 1.29 is 4.79 Å². The lowest BCUT2D eigenvalue weighted by Gasteiger charge is -2.02. The molecule has 0 saturated carbocycles. The van der Waals surface area contributed by atoms with Crippen molar-refractivity contribution in [2.45, 2.75) is 33.2 Å². The van der Waals surface area contributed by atoms with Crippen LogP contribution in [0.5, 0.6) is 0 Å². The Morgan fingerprint density at radius 3 is 2.55 bits per heavy atom. The van der Waals surface area contributed by atoms with Gasteiger partial charge in [-0.25, -0.2) is 0 Å². The smallest absolute Gasteiger partial charge is 0.189 e. The molecule has 3 nitrogen and oxygen atoms in total. The van der Waals surface area contributed by atoms with Crippen LogP contribution in [-0.2, 0) is 6.42 Å². The Morgan fingerprint density at radius 2 is 2.00 bits per heavy atom. The normalized spacial score (nSPS) is 11.4. The number of carbonyl (C=O) groups excluding carboxylic acids is 1. The van der Waals surface area contributed by atoms with Crippen molar-refractivity contribution in [3.05, 3.63) is 59.4 Å². The highest BCUT2D eigenvalue weighted by atomic mass is 16.1. The van der Waals surface area contributed by atoms with E-state index in [1.54, 1.807) is 23.2 Å². The second-order valence-corrected chi connectivity index (χ2v) is 5.10. The summed E-state index contributed by atoms with van der Waals surface area (Å²) in [5, 5.41) is 4.18. The molecule has 0 saturated heterocycles. The summed E-state index contributed by atoms with van der Waals surface area (Å²) in [7, 11) is 0. The molecule has 3 heteroatoms. The van der Waals surface area contributed by atoms with Gasteiger partial charge in [0, 0.05) is 12.2 Å². The van der Waals surface area contributed by atoms with Gasteiger partial charge in [-0.05, 0) is 37.5 Å². The highest BCUT2D eigenvalue weighted by Crippen LogP contribution is 2.10. The highest BCUT2D eigenvalue weighted by Gasteiger charge is 2.06.